The minimum absolute atomic E-state index is 0.00620. The van der Waals surface area contributed by atoms with Gasteiger partial charge in [-0.3, -0.25) is 4.90 Å². The van der Waals surface area contributed by atoms with E-state index in [4.69, 9.17) is 10.8 Å². The molecule has 3 nitrogen and oxygen atoms in total. The highest BCUT2D eigenvalue weighted by molar-refractivity contribution is 5.46. The molecule has 6 heteroatoms. The molecule has 0 saturated heterocycles. The molecule has 0 aliphatic heterocycles. The quantitative estimate of drug-likeness (QED) is 0.767. The van der Waals surface area contributed by atoms with Crippen LogP contribution in [0.25, 0.3) is 0 Å². The number of para-hydroxylation sites is 1. The molecule has 0 atom stereocenters. The van der Waals surface area contributed by atoms with Crippen molar-refractivity contribution in [3.63, 3.8) is 0 Å². The molecule has 0 radical (unpaired) electrons. The molecule has 0 amide bonds. The van der Waals surface area contributed by atoms with Crippen molar-refractivity contribution in [3.8, 4) is 0 Å². The number of nitrogen functional groups attached to an aromatic ring is 1. The largest absolute Gasteiger partial charge is 0.401 e. The normalized spacial score (nSPS) is 12.1. The molecular weight excluding hydrogens is 245 g/mol. The van der Waals surface area contributed by atoms with Crippen molar-refractivity contribution in [2.45, 2.75) is 12.6 Å². The summed E-state index contributed by atoms with van der Waals surface area (Å²) in [5, 5.41) is 8.75. The van der Waals surface area contributed by atoms with Crippen LogP contribution in [0.15, 0.2) is 24.3 Å². The van der Waals surface area contributed by atoms with Gasteiger partial charge >= 0.3 is 6.18 Å². The van der Waals surface area contributed by atoms with Crippen molar-refractivity contribution in [2.24, 2.45) is 0 Å². The second-order valence-corrected chi connectivity index (χ2v) is 4.06. The second-order valence-electron chi connectivity index (χ2n) is 4.06. The van der Waals surface area contributed by atoms with Crippen LogP contribution in [0.5, 0.6) is 0 Å². The van der Waals surface area contributed by atoms with Gasteiger partial charge in [0.15, 0.2) is 0 Å². The maximum absolute atomic E-state index is 12.3. The summed E-state index contributed by atoms with van der Waals surface area (Å²) in [4.78, 5) is 1.17. The average Bonchev–Trinajstić information content (AvgIpc) is 2.26. The first-order valence-corrected chi connectivity index (χ1v) is 5.65. The number of aliphatic hydroxyl groups excluding tert-OH is 1. The average molecular weight is 262 g/mol. The van der Waals surface area contributed by atoms with Gasteiger partial charge in [-0.15, -0.1) is 0 Å². The van der Waals surface area contributed by atoms with Crippen LogP contribution in [0.4, 0.5) is 18.9 Å². The van der Waals surface area contributed by atoms with E-state index in [0.29, 0.717) is 12.1 Å². The molecule has 0 saturated carbocycles. The number of hydrogen-bond donors (Lipinski definition) is 2. The third-order valence-electron chi connectivity index (χ3n) is 2.57. The zero-order valence-corrected chi connectivity index (χ0v) is 9.95. The lowest BCUT2D eigenvalue weighted by atomic mass is 10.1. The highest BCUT2D eigenvalue weighted by Crippen LogP contribution is 2.17. The third-order valence-corrected chi connectivity index (χ3v) is 2.57. The second kappa shape index (κ2) is 6.61. The van der Waals surface area contributed by atoms with Crippen LogP contribution in [0.1, 0.15) is 5.56 Å². The number of anilines is 1. The highest BCUT2D eigenvalue weighted by Gasteiger charge is 2.30. The first kappa shape index (κ1) is 14.8. The number of hydrogen-bond acceptors (Lipinski definition) is 3. The van der Waals surface area contributed by atoms with E-state index in [1.165, 1.54) is 4.90 Å². The molecule has 0 bridgehead atoms. The number of rotatable bonds is 6. The fourth-order valence-corrected chi connectivity index (χ4v) is 1.71. The summed E-state index contributed by atoms with van der Waals surface area (Å²) in [5.74, 6) is 0. The number of alkyl halides is 3. The molecule has 18 heavy (non-hydrogen) atoms. The summed E-state index contributed by atoms with van der Waals surface area (Å²) >= 11 is 0. The van der Waals surface area contributed by atoms with Crippen LogP contribution >= 0.6 is 0 Å². The Bertz CT molecular complexity index is 369. The minimum atomic E-state index is -4.25. The van der Waals surface area contributed by atoms with Gasteiger partial charge in [-0.2, -0.15) is 13.2 Å². The summed E-state index contributed by atoms with van der Waals surface area (Å²) in [7, 11) is 0. The summed E-state index contributed by atoms with van der Waals surface area (Å²) in [6.07, 6.45) is -3.82. The standard InChI is InChI=1S/C12H17F3N2O/c13-12(14,15)9-17(7-8-18)6-5-10-3-1-2-4-11(10)16/h1-4,18H,5-9,16H2. The van der Waals surface area contributed by atoms with Gasteiger partial charge in [0.25, 0.3) is 0 Å². The van der Waals surface area contributed by atoms with Gasteiger partial charge in [0.2, 0.25) is 0 Å². The molecule has 0 aliphatic rings. The van der Waals surface area contributed by atoms with Crippen LogP contribution in [0.3, 0.4) is 0 Å². The van der Waals surface area contributed by atoms with E-state index >= 15 is 0 Å². The molecule has 1 rings (SSSR count). The minimum Gasteiger partial charge on any atom is -0.399 e. The van der Waals surface area contributed by atoms with Gasteiger partial charge in [-0.1, -0.05) is 18.2 Å². The molecular formula is C12H17F3N2O. The third kappa shape index (κ3) is 5.37. The lowest BCUT2D eigenvalue weighted by Crippen LogP contribution is -2.37. The van der Waals surface area contributed by atoms with Crippen molar-refractivity contribution >= 4 is 5.69 Å². The molecule has 0 spiro atoms. The van der Waals surface area contributed by atoms with Crippen molar-refractivity contribution in [1.29, 1.82) is 0 Å². The van der Waals surface area contributed by atoms with E-state index in [9.17, 15) is 13.2 Å². The van der Waals surface area contributed by atoms with E-state index in [1.807, 2.05) is 0 Å². The molecule has 0 aromatic heterocycles. The lowest BCUT2D eigenvalue weighted by Gasteiger charge is -2.22. The Morgan fingerprint density at radius 2 is 1.83 bits per heavy atom. The van der Waals surface area contributed by atoms with Crippen molar-refractivity contribution in [3.05, 3.63) is 29.8 Å². The van der Waals surface area contributed by atoms with Crippen molar-refractivity contribution < 1.29 is 18.3 Å². The zero-order chi connectivity index (χ0) is 13.6. The van der Waals surface area contributed by atoms with Gasteiger partial charge in [0.05, 0.1) is 13.2 Å². The zero-order valence-electron chi connectivity index (χ0n) is 9.95. The molecule has 0 unspecified atom stereocenters. The van der Waals surface area contributed by atoms with Crippen LogP contribution in [-0.2, 0) is 6.42 Å². The Morgan fingerprint density at radius 3 is 2.39 bits per heavy atom. The molecule has 102 valence electrons. The summed E-state index contributed by atoms with van der Waals surface area (Å²) in [5.41, 5.74) is 7.12. The summed E-state index contributed by atoms with van der Waals surface area (Å²) < 4.78 is 36.9. The molecule has 0 aliphatic carbocycles. The predicted molar refractivity (Wildman–Crippen MR) is 64.1 cm³/mol. The Morgan fingerprint density at radius 1 is 1.17 bits per heavy atom. The number of nitrogens with two attached hydrogens (primary N) is 1. The first-order valence-electron chi connectivity index (χ1n) is 5.65. The topological polar surface area (TPSA) is 49.5 Å². The Hall–Kier alpha value is -1.27. The molecule has 0 fully saturated rings. The fraction of sp³-hybridized carbons (Fsp3) is 0.500. The Labute approximate surface area is 104 Å². The van der Waals surface area contributed by atoms with Gasteiger partial charge in [0, 0.05) is 18.8 Å². The predicted octanol–water partition coefficient (Wildman–Crippen LogP) is 1.67. The monoisotopic (exact) mass is 262 g/mol. The van der Waals surface area contributed by atoms with Crippen LogP contribution in [0, 0.1) is 0 Å². The van der Waals surface area contributed by atoms with Gasteiger partial charge in [-0.25, -0.2) is 0 Å². The van der Waals surface area contributed by atoms with E-state index < -0.39 is 12.7 Å². The van der Waals surface area contributed by atoms with Gasteiger partial charge in [0.1, 0.15) is 0 Å². The molecule has 0 heterocycles. The first-order chi connectivity index (χ1) is 8.42. The number of benzene rings is 1. The number of halogens is 3. The maximum Gasteiger partial charge on any atom is 0.401 e. The van der Waals surface area contributed by atoms with Crippen LogP contribution in [-0.4, -0.2) is 42.4 Å². The fourth-order valence-electron chi connectivity index (χ4n) is 1.71. The van der Waals surface area contributed by atoms with E-state index in [2.05, 4.69) is 0 Å². The van der Waals surface area contributed by atoms with Gasteiger partial charge in [-0.05, 0) is 18.1 Å². The Kier molecular flexibility index (Phi) is 5.43. The molecule has 1 aromatic rings. The smallest absolute Gasteiger partial charge is 0.399 e. The SMILES string of the molecule is Nc1ccccc1CCN(CCO)CC(F)(F)F. The number of nitrogens with zero attached hydrogens (tertiary/aromatic N) is 1. The molecule has 1 aromatic carbocycles. The van der Waals surface area contributed by atoms with Crippen LogP contribution < -0.4 is 5.73 Å². The Balaban J connectivity index is 2.54. The van der Waals surface area contributed by atoms with Crippen molar-refractivity contribution in [1.82, 2.24) is 4.90 Å². The highest BCUT2D eigenvalue weighted by atomic mass is 19.4. The maximum atomic E-state index is 12.3. The molecule has 3 N–H and O–H groups in total. The van der Waals surface area contributed by atoms with Crippen LogP contribution in [0.2, 0.25) is 0 Å². The number of aliphatic hydroxyl groups is 1. The van der Waals surface area contributed by atoms with Gasteiger partial charge < -0.3 is 10.8 Å². The van der Waals surface area contributed by atoms with Crippen molar-refractivity contribution in [2.75, 3.05) is 32.0 Å². The van der Waals surface area contributed by atoms with E-state index in [-0.39, 0.29) is 19.7 Å². The summed E-state index contributed by atoms with van der Waals surface area (Å²) in [6.45, 7) is -1.08. The summed E-state index contributed by atoms with van der Waals surface area (Å²) in [6, 6.07) is 7.08. The van der Waals surface area contributed by atoms with E-state index in [0.717, 1.165) is 5.56 Å². The van der Waals surface area contributed by atoms with E-state index in [1.54, 1.807) is 24.3 Å². The lowest BCUT2D eigenvalue weighted by molar-refractivity contribution is -0.146.